The maximum absolute atomic E-state index is 12.1. The van der Waals surface area contributed by atoms with Crippen LogP contribution in [0.1, 0.15) is 21.8 Å². The summed E-state index contributed by atoms with van der Waals surface area (Å²) in [6, 6.07) is 16.5. The van der Waals surface area contributed by atoms with Crippen LogP contribution >= 0.6 is 11.8 Å². The molecule has 0 radical (unpaired) electrons. The Morgan fingerprint density at radius 2 is 1.78 bits per heavy atom. The summed E-state index contributed by atoms with van der Waals surface area (Å²) >= 11 is 1.17. The lowest BCUT2D eigenvalue weighted by atomic mass is 10.2. The molecule has 1 aromatic heterocycles. The van der Waals surface area contributed by atoms with Crippen LogP contribution in [0, 0.1) is 0 Å². The van der Waals surface area contributed by atoms with Gasteiger partial charge in [-0.05, 0) is 29.8 Å². The van der Waals surface area contributed by atoms with Gasteiger partial charge in [-0.25, -0.2) is 0 Å². The molecule has 0 fully saturated rings. The van der Waals surface area contributed by atoms with Crippen LogP contribution in [0.2, 0.25) is 0 Å². The lowest BCUT2D eigenvalue weighted by Crippen LogP contribution is -2.18. The molecule has 0 saturated heterocycles. The van der Waals surface area contributed by atoms with Gasteiger partial charge in [-0.3, -0.25) is 9.59 Å². The van der Waals surface area contributed by atoms with E-state index in [1.54, 1.807) is 31.3 Å². The summed E-state index contributed by atoms with van der Waals surface area (Å²) in [5.41, 5.74) is 2.22. The number of rotatable bonds is 7. The summed E-state index contributed by atoms with van der Waals surface area (Å²) in [5, 5.41) is 13.6. The van der Waals surface area contributed by atoms with Gasteiger partial charge >= 0.3 is 0 Å². The number of anilines is 1. The Hall–Kier alpha value is -3.13. The minimum Gasteiger partial charge on any atom is -0.416 e. The first-order valence-electron chi connectivity index (χ1n) is 8.25. The summed E-state index contributed by atoms with van der Waals surface area (Å²) in [6.07, 6.45) is 0.554. The summed E-state index contributed by atoms with van der Waals surface area (Å²) < 4.78 is 5.56. The molecule has 0 unspecified atom stereocenters. The van der Waals surface area contributed by atoms with Crippen LogP contribution in [-0.4, -0.2) is 34.8 Å². The van der Waals surface area contributed by atoms with Crippen molar-refractivity contribution in [1.82, 2.24) is 15.5 Å². The van der Waals surface area contributed by atoms with Gasteiger partial charge in [0.2, 0.25) is 11.8 Å². The van der Waals surface area contributed by atoms with Crippen LogP contribution in [0.15, 0.2) is 64.2 Å². The van der Waals surface area contributed by atoms with Gasteiger partial charge in [0.15, 0.2) is 0 Å². The SMILES string of the molecule is CNC(=O)c1ccc(NC(=O)CSc2nnc(Cc3ccccc3)o2)cc1. The first-order valence-corrected chi connectivity index (χ1v) is 9.23. The predicted molar refractivity (Wildman–Crippen MR) is 103 cm³/mol. The third-order valence-electron chi connectivity index (χ3n) is 3.63. The molecule has 0 saturated carbocycles. The van der Waals surface area contributed by atoms with E-state index in [1.165, 1.54) is 11.8 Å². The van der Waals surface area contributed by atoms with Gasteiger partial charge in [0.1, 0.15) is 0 Å². The fourth-order valence-electron chi connectivity index (χ4n) is 2.31. The second kappa shape index (κ2) is 9.00. The maximum atomic E-state index is 12.1. The van der Waals surface area contributed by atoms with Crippen molar-refractivity contribution in [3.63, 3.8) is 0 Å². The van der Waals surface area contributed by atoms with Crippen molar-refractivity contribution in [2.24, 2.45) is 0 Å². The molecule has 27 heavy (non-hydrogen) atoms. The van der Waals surface area contributed by atoms with Gasteiger partial charge in [-0.2, -0.15) is 0 Å². The number of thioether (sulfide) groups is 1. The number of carbonyl (C=O) groups is 2. The van der Waals surface area contributed by atoms with Crippen LogP contribution in [0.4, 0.5) is 5.69 Å². The van der Waals surface area contributed by atoms with Crippen molar-refractivity contribution in [3.8, 4) is 0 Å². The molecule has 2 amide bonds. The highest BCUT2D eigenvalue weighted by molar-refractivity contribution is 7.99. The van der Waals surface area contributed by atoms with Gasteiger partial charge in [0.25, 0.3) is 11.1 Å². The minimum absolute atomic E-state index is 0.143. The standard InChI is InChI=1S/C19H18N4O3S/c1-20-18(25)14-7-9-15(10-8-14)21-16(24)12-27-19-23-22-17(26-19)11-13-5-3-2-4-6-13/h2-10H,11-12H2,1H3,(H,20,25)(H,21,24). The Bertz CT molecular complexity index is 910. The van der Waals surface area contributed by atoms with E-state index in [4.69, 9.17) is 4.42 Å². The number of hydrogen-bond acceptors (Lipinski definition) is 6. The molecule has 2 aromatic carbocycles. The first-order chi connectivity index (χ1) is 13.1. The lowest BCUT2D eigenvalue weighted by Gasteiger charge is -2.05. The van der Waals surface area contributed by atoms with Crippen molar-refractivity contribution in [3.05, 3.63) is 71.6 Å². The Morgan fingerprint density at radius 3 is 2.48 bits per heavy atom. The number of benzene rings is 2. The monoisotopic (exact) mass is 382 g/mol. The Balaban J connectivity index is 1.48. The largest absolute Gasteiger partial charge is 0.416 e. The molecule has 2 N–H and O–H groups in total. The van der Waals surface area contributed by atoms with Crippen molar-refractivity contribution in [1.29, 1.82) is 0 Å². The molecular weight excluding hydrogens is 364 g/mol. The summed E-state index contributed by atoms with van der Waals surface area (Å²) in [7, 11) is 1.57. The van der Waals surface area contributed by atoms with Crippen LogP contribution in [0.5, 0.6) is 0 Å². The minimum atomic E-state index is -0.199. The average molecular weight is 382 g/mol. The molecule has 0 aliphatic heterocycles. The Kier molecular flexibility index (Phi) is 6.22. The van der Waals surface area contributed by atoms with Gasteiger partial charge in [0, 0.05) is 18.3 Å². The normalized spacial score (nSPS) is 10.4. The number of carbonyl (C=O) groups excluding carboxylic acids is 2. The van der Waals surface area contributed by atoms with Crippen LogP contribution in [-0.2, 0) is 11.2 Å². The molecule has 3 rings (SSSR count). The zero-order chi connectivity index (χ0) is 19.1. The number of nitrogens with one attached hydrogen (secondary N) is 2. The maximum Gasteiger partial charge on any atom is 0.277 e. The number of amides is 2. The van der Waals surface area contributed by atoms with Crippen molar-refractivity contribution < 1.29 is 14.0 Å². The van der Waals surface area contributed by atoms with E-state index in [0.29, 0.717) is 28.8 Å². The van der Waals surface area contributed by atoms with Gasteiger partial charge in [-0.1, -0.05) is 42.1 Å². The van der Waals surface area contributed by atoms with Crippen LogP contribution in [0.3, 0.4) is 0 Å². The Morgan fingerprint density at radius 1 is 1.04 bits per heavy atom. The second-order valence-electron chi connectivity index (χ2n) is 5.62. The molecule has 0 atom stereocenters. The van der Waals surface area contributed by atoms with Crippen molar-refractivity contribution >= 4 is 29.3 Å². The number of aromatic nitrogens is 2. The lowest BCUT2D eigenvalue weighted by molar-refractivity contribution is -0.113. The zero-order valence-electron chi connectivity index (χ0n) is 14.6. The molecule has 8 heteroatoms. The van der Waals surface area contributed by atoms with E-state index in [9.17, 15) is 9.59 Å². The van der Waals surface area contributed by atoms with E-state index in [2.05, 4.69) is 20.8 Å². The Labute approximate surface area is 160 Å². The molecular formula is C19H18N4O3S. The number of nitrogens with zero attached hydrogens (tertiary/aromatic N) is 2. The van der Waals surface area contributed by atoms with E-state index in [1.807, 2.05) is 30.3 Å². The van der Waals surface area contributed by atoms with E-state index < -0.39 is 0 Å². The highest BCUT2D eigenvalue weighted by Gasteiger charge is 2.11. The quantitative estimate of drug-likeness (QED) is 0.610. The van der Waals surface area contributed by atoms with Crippen LogP contribution < -0.4 is 10.6 Å². The summed E-state index contributed by atoms with van der Waals surface area (Å²) in [5.74, 6) is 0.278. The van der Waals surface area contributed by atoms with Crippen molar-refractivity contribution in [2.45, 2.75) is 11.6 Å². The van der Waals surface area contributed by atoms with Gasteiger partial charge < -0.3 is 15.1 Å². The van der Waals surface area contributed by atoms with E-state index in [0.717, 1.165) is 5.56 Å². The van der Waals surface area contributed by atoms with E-state index >= 15 is 0 Å². The number of hydrogen-bond donors (Lipinski definition) is 2. The second-order valence-corrected chi connectivity index (χ2v) is 6.54. The topological polar surface area (TPSA) is 97.1 Å². The molecule has 3 aromatic rings. The first kappa shape index (κ1) is 18.7. The van der Waals surface area contributed by atoms with Crippen molar-refractivity contribution in [2.75, 3.05) is 18.1 Å². The summed E-state index contributed by atoms with van der Waals surface area (Å²) in [6.45, 7) is 0. The fraction of sp³-hybridized carbons (Fsp3) is 0.158. The average Bonchev–Trinajstić information content (AvgIpc) is 3.14. The molecule has 1 heterocycles. The molecule has 0 spiro atoms. The molecule has 0 bridgehead atoms. The van der Waals surface area contributed by atoms with Gasteiger partial charge in [0.05, 0.1) is 12.2 Å². The fourth-order valence-corrected chi connectivity index (χ4v) is 2.89. The molecule has 138 valence electrons. The third kappa shape index (κ3) is 5.42. The molecule has 7 nitrogen and oxygen atoms in total. The molecule has 0 aliphatic carbocycles. The molecule has 0 aliphatic rings. The van der Waals surface area contributed by atoms with E-state index in [-0.39, 0.29) is 17.6 Å². The predicted octanol–water partition coefficient (Wildman–Crippen LogP) is 2.75. The summed E-state index contributed by atoms with van der Waals surface area (Å²) in [4.78, 5) is 23.6. The van der Waals surface area contributed by atoms with Crippen LogP contribution in [0.25, 0.3) is 0 Å². The zero-order valence-corrected chi connectivity index (χ0v) is 15.5. The highest BCUT2D eigenvalue weighted by atomic mass is 32.2. The smallest absolute Gasteiger partial charge is 0.277 e. The third-order valence-corrected chi connectivity index (χ3v) is 4.45. The van der Waals surface area contributed by atoms with Gasteiger partial charge in [-0.15, -0.1) is 10.2 Å². The highest BCUT2D eigenvalue weighted by Crippen LogP contribution is 2.18.